The fraction of sp³-hybridized carbons (Fsp3) is 0.333. The Hall–Kier alpha value is -2.06. The van der Waals surface area contributed by atoms with Gasteiger partial charge < -0.3 is 20.3 Å². The highest BCUT2D eigenvalue weighted by Gasteiger charge is 2.34. The summed E-state index contributed by atoms with van der Waals surface area (Å²) in [4.78, 5) is 27.5. The summed E-state index contributed by atoms with van der Waals surface area (Å²) in [7, 11) is 0. The van der Waals surface area contributed by atoms with Gasteiger partial charge in [0.25, 0.3) is 5.91 Å². The quantitative estimate of drug-likeness (QED) is 0.750. The van der Waals surface area contributed by atoms with Gasteiger partial charge in [-0.2, -0.15) is 0 Å². The minimum atomic E-state index is -0.298. The Balaban J connectivity index is 1.62. The Kier molecular flexibility index (Phi) is 4.62. The standard InChI is InChI=1S/C18H18BrN3O3S/c1-2-25-18(24)22-8-7-11-13(9-22)26-17-14(11)16(23)20-15(21-17)10-5-3-4-6-12(10)19/h3-6,15,21H,2,7-9H2,1H3,(H,20,23)/t15-/m0/s1. The molecule has 4 rings (SSSR count). The van der Waals surface area contributed by atoms with Gasteiger partial charge in [-0.15, -0.1) is 11.3 Å². The molecule has 3 heterocycles. The second-order valence-electron chi connectivity index (χ2n) is 6.15. The first-order valence-corrected chi connectivity index (χ1v) is 10.1. The van der Waals surface area contributed by atoms with E-state index in [9.17, 15) is 9.59 Å². The zero-order valence-corrected chi connectivity index (χ0v) is 16.6. The third kappa shape index (κ3) is 2.97. The molecule has 0 radical (unpaired) electrons. The number of fused-ring (bicyclic) bond motifs is 3. The van der Waals surface area contributed by atoms with E-state index < -0.39 is 0 Å². The summed E-state index contributed by atoms with van der Waals surface area (Å²) in [6, 6.07) is 7.82. The zero-order chi connectivity index (χ0) is 18.3. The second kappa shape index (κ2) is 6.92. The van der Waals surface area contributed by atoms with Crippen LogP contribution in [0.15, 0.2) is 28.7 Å². The molecule has 136 valence electrons. The predicted octanol–water partition coefficient (Wildman–Crippen LogP) is 3.88. The lowest BCUT2D eigenvalue weighted by molar-refractivity contribution is 0.0934. The fourth-order valence-electron chi connectivity index (χ4n) is 3.35. The molecule has 2 amide bonds. The number of nitrogens with zero attached hydrogens (tertiary/aromatic N) is 1. The fourth-order valence-corrected chi connectivity index (χ4v) is 5.15. The number of nitrogens with one attached hydrogen (secondary N) is 2. The maximum atomic E-state index is 12.8. The molecule has 0 bridgehead atoms. The third-order valence-corrected chi connectivity index (χ3v) is 6.45. The molecule has 2 aromatic rings. The molecule has 2 aliphatic rings. The van der Waals surface area contributed by atoms with Crippen LogP contribution in [0.2, 0.25) is 0 Å². The van der Waals surface area contributed by atoms with E-state index in [0.29, 0.717) is 26.1 Å². The van der Waals surface area contributed by atoms with Crippen molar-refractivity contribution in [3.8, 4) is 0 Å². The summed E-state index contributed by atoms with van der Waals surface area (Å²) in [5, 5.41) is 7.34. The number of ether oxygens (including phenoxy) is 1. The van der Waals surface area contributed by atoms with E-state index in [1.165, 1.54) is 0 Å². The molecule has 0 saturated carbocycles. The van der Waals surface area contributed by atoms with Gasteiger partial charge in [-0.05, 0) is 25.0 Å². The molecule has 0 spiro atoms. The normalized spacial score (nSPS) is 18.5. The van der Waals surface area contributed by atoms with Gasteiger partial charge in [-0.1, -0.05) is 34.1 Å². The first-order valence-electron chi connectivity index (χ1n) is 8.46. The molecule has 1 aromatic heterocycles. The van der Waals surface area contributed by atoms with E-state index in [-0.39, 0.29) is 18.2 Å². The highest BCUT2D eigenvalue weighted by molar-refractivity contribution is 9.10. The Morgan fingerprint density at radius 1 is 1.38 bits per heavy atom. The van der Waals surface area contributed by atoms with Gasteiger partial charge in [0.05, 0.1) is 18.7 Å². The molecule has 2 N–H and O–H groups in total. The summed E-state index contributed by atoms with van der Waals surface area (Å²) in [5.74, 6) is -0.0680. The number of thiophene rings is 1. The van der Waals surface area contributed by atoms with Crippen LogP contribution in [0.3, 0.4) is 0 Å². The molecule has 6 nitrogen and oxygen atoms in total. The van der Waals surface area contributed by atoms with E-state index in [1.54, 1.807) is 23.2 Å². The Morgan fingerprint density at radius 2 is 2.19 bits per heavy atom. The van der Waals surface area contributed by atoms with Crippen molar-refractivity contribution in [1.82, 2.24) is 10.2 Å². The van der Waals surface area contributed by atoms with Crippen molar-refractivity contribution in [1.29, 1.82) is 0 Å². The van der Waals surface area contributed by atoms with Crippen molar-refractivity contribution in [2.24, 2.45) is 0 Å². The lowest BCUT2D eigenvalue weighted by Crippen LogP contribution is -2.39. The first-order chi connectivity index (χ1) is 12.6. The number of rotatable bonds is 2. The highest BCUT2D eigenvalue weighted by Crippen LogP contribution is 2.41. The van der Waals surface area contributed by atoms with Crippen molar-refractivity contribution in [2.75, 3.05) is 18.5 Å². The maximum absolute atomic E-state index is 12.8. The minimum Gasteiger partial charge on any atom is -0.450 e. The monoisotopic (exact) mass is 435 g/mol. The number of hydrogen-bond donors (Lipinski definition) is 2. The number of carbonyl (C=O) groups is 2. The SMILES string of the molecule is CCOC(=O)N1CCc2c(sc3c2C(=O)N[C@H](c2ccccc2Br)N3)C1. The van der Waals surface area contributed by atoms with Crippen LogP contribution in [-0.4, -0.2) is 30.1 Å². The van der Waals surface area contributed by atoms with Crippen molar-refractivity contribution < 1.29 is 14.3 Å². The van der Waals surface area contributed by atoms with Crippen LogP contribution in [-0.2, 0) is 17.7 Å². The second-order valence-corrected chi connectivity index (χ2v) is 8.11. The topological polar surface area (TPSA) is 70.7 Å². The maximum Gasteiger partial charge on any atom is 0.410 e. The van der Waals surface area contributed by atoms with E-state index in [4.69, 9.17) is 4.74 Å². The molecule has 0 unspecified atom stereocenters. The van der Waals surface area contributed by atoms with Gasteiger partial charge in [0.2, 0.25) is 0 Å². The van der Waals surface area contributed by atoms with Crippen LogP contribution in [0, 0.1) is 0 Å². The van der Waals surface area contributed by atoms with Gasteiger partial charge in [-0.3, -0.25) is 4.79 Å². The Bertz CT molecular complexity index is 883. The van der Waals surface area contributed by atoms with Crippen molar-refractivity contribution >= 4 is 44.3 Å². The smallest absolute Gasteiger partial charge is 0.410 e. The summed E-state index contributed by atoms with van der Waals surface area (Å²) in [6.07, 6.45) is 0.0780. The van der Waals surface area contributed by atoms with Crippen LogP contribution in [0.1, 0.15) is 39.5 Å². The lowest BCUT2D eigenvalue weighted by Gasteiger charge is -2.28. The number of hydrogen-bond acceptors (Lipinski definition) is 5. The van der Waals surface area contributed by atoms with Crippen LogP contribution in [0.5, 0.6) is 0 Å². The van der Waals surface area contributed by atoms with Crippen molar-refractivity contribution in [3.63, 3.8) is 0 Å². The minimum absolute atomic E-state index is 0.0680. The average Bonchev–Trinajstić information content (AvgIpc) is 3.00. The summed E-state index contributed by atoms with van der Waals surface area (Å²) in [5.41, 5.74) is 2.74. The highest BCUT2D eigenvalue weighted by atomic mass is 79.9. The molecule has 0 aliphatic carbocycles. The molecule has 0 saturated heterocycles. The van der Waals surface area contributed by atoms with E-state index in [0.717, 1.165) is 31.0 Å². The summed E-state index contributed by atoms with van der Waals surface area (Å²) >= 11 is 5.09. The van der Waals surface area contributed by atoms with Crippen molar-refractivity contribution in [3.05, 3.63) is 50.3 Å². The zero-order valence-electron chi connectivity index (χ0n) is 14.2. The van der Waals surface area contributed by atoms with Crippen LogP contribution >= 0.6 is 27.3 Å². The molecule has 1 atom stereocenters. The number of anilines is 1. The molecular formula is C18H18BrN3O3S. The van der Waals surface area contributed by atoms with Gasteiger partial charge >= 0.3 is 6.09 Å². The van der Waals surface area contributed by atoms with Gasteiger partial charge in [0.1, 0.15) is 11.2 Å². The first kappa shape index (κ1) is 17.4. The van der Waals surface area contributed by atoms with Gasteiger partial charge in [0.15, 0.2) is 0 Å². The van der Waals surface area contributed by atoms with Crippen LogP contribution in [0.4, 0.5) is 9.80 Å². The molecule has 26 heavy (non-hydrogen) atoms. The predicted molar refractivity (Wildman–Crippen MR) is 103 cm³/mol. The third-order valence-electron chi connectivity index (χ3n) is 4.58. The molecule has 2 aliphatic heterocycles. The lowest BCUT2D eigenvalue weighted by atomic mass is 10.0. The Morgan fingerprint density at radius 3 is 2.96 bits per heavy atom. The van der Waals surface area contributed by atoms with E-state index in [1.807, 2.05) is 24.3 Å². The summed E-state index contributed by atoms with van der Waals surface area (Å²) < 4.78 is 6.04. The average molecular weight is 436 g/mol. The van der Waals surface area contributed by atoms with Crippen LogP contribution < -0.4 is 10.6 Å². The number of amides is 2. The molecule has 0 fully saturated rings. The number of carbonyl (C=O) groups excluding carboxylic acids is 2. The van der Waals surface area contributed by atoms with Gasteiger partial charge in [-0.25, -0.2) is 4.79 Å². The van der Waals surface area contributed by atoms with Gasteiger partial charge in [0, 0.05) is 21.5 Å². The van der Waals surface area contributed by atoms with E-state index in [2.05, 4.69) is 26.6 Å². The van der Waals surface area contributed by atoms with Crippen LogP contribution in [0.25, 0.3) is 0 Å². The Labute approximate surface area is 163 Å². The summed E-state index contributed by atoms with van der Waals surface area (Å²) in [6.45, 7) is 3.21. The molecule has 1 aromatic carbocycles. The van der Waals surface area contributed by atoms with E-state index >= 15 is 0 Å². The largest absolute Gasteiger partial charge is 0.450 e. The van der Waals surface area contributed by atoms with Crippen molar-refractivity contribution in [2.45, 2.75) is 26.1 Å². The number of halogens is 1. The molecule has 8 heteroatoms. The molecular weight excluding hydrogens is 418 g/mol. The number of benzene rings is 1.